The monoisotopic (exact) mass is 310 g/mol. The minimum absolute atomic E-state index is 0.0803. The van der Waals surface area contributed by atoms with Gasteiger partial charge in [-0.2, -0.15) is 0 Å². The van der Waals surface area contributed by atoms with Gasteiger partial charge >= 0.3 is 0 Å². The Labute approximate surface area is 136 Å². The lowest BCUT2D eigenvalue weighted by Crippen LogP contribution is -2.37. The maximum atomic E-state index is 11.9. The predicted molar refractivity (Wildman–Crippen MR) is 90.9 cm³/mol. The van der Waals surface area contributed by atoms with Crippen molar-refractivity contribution >= 4 is 5.78 Å². The van der Waals surface area contributed by atoms with Gasteiger partial charge in [-0.25, -0.2) is 0 Å². The Morgan fingerprint density at radius 3 is 2.23 bits per heavy atom. The molecule has 1 aliphatic heterocycles. The van der Waals surface area contributed by atoms with Gasteiger partial charge in [-0.05, 0) is 39.3 Å². The molecular weight excluding hydrogens is 276 g/mol. The van der Waals surface area contributed by atoms with Gasteiger partial charge < -0.3 is 9.47 Å². The van der Waals surface area contributed by atoms with Crippen molar-refractivity contribution in [1.29, 1.82) is 0 Å². The molecule has 128 valence electrons. The summed E-state index contributed by atoms with van der Waals surface area (Å²) in [6.45, 7) is 8.22. The lowest BCUT2D eigenvalue weighted by Gasteiger charge is -2.30. The van der Waals surface area contributed by atoms with Crippen molar-refractivity contribution in [2.45, 2.75) is 103 Å². The number of carbonyl (C=O) groups excluding carboxylic acids is 1. The first-order chi connectivity index (χ1) is 10.4. The molecule has 0 spiro atoms. The average molecular weight is 310 g/mol. The molecule has 1 rings (SSSR count). The third kappa shape index (κ3) is 8.70. The smallest absolute Gasteiger partial charge is 0.184 e. The van der Waals surface area contributed by atoms with Crippen molar-refractivity contribution in [3.8, 4) is 0 Å². The second kappa shape index (κ2) is 10.2. The topological polar surface area (TPSA) is 35.5 Å². The zero-order valence-electron chi connectivity index (χ0n) is 14.9. The number of ketones is 1. The van der Waals surface area contributed by atoms with E-state index in [0.29, 0.717) is 0 Å². The summed E-state index contributed by atoms with van der Waals surface area (Å²) in [5.74, 6) is 0.0803. The number of hydrogen-bond acceptors (Lipinski definition) is 3. The van der Waals surface area contributed by atoms with Gasteiger partial charge in [-0.3, -0.25) is 4.79 Å². The van der Waals surface area contributed by atoms with E-state index in [-0.39, 0.29) is 17.5 Å². The van der Waals surface area contributed by atoms with E-state index in [2.05, 4.69) is 6.92 Å². The summed E-state index contributed by atoms with van der Waals surface area (Å²) in [6, 6.07) is 0. The van der Waals surface area contributed by atoms with Gasteiger partial charge in [-0.1, -0.05) is 58.3 Å². The van der Waals surface area contributed by atoms with Gasteiger partial charge in [-0.15, -0.1) is 0 Å². The number of unbranched alkanes of at least 4 members (excludes halogenated alkanes) is 7. The molecule has 0 aromatic rings. The standard InChI is InChI=1S/C19H34O3/c1-5-6-7-8-9-10-11-12-13-17-16(20)14-15-18(21-17)22-19(2,3)4/h14-15,17-18H,5-13H2,1-4H3/t17-,18?/m0/s1. The van der Waals surface area contributed by atoms with Crippen LogP contribution in [-0.2, 0) is 14.3 Å². The number of rotatable bonds is 10. The van der Waals surface area contributed by atoms with Crippen LogP contribution in [0.5, 0.6) is 0 Å². The molecule has 3 heteroatoms. The molecule has 0 N–H and O–H groups in total. The third-order valence-electron chi connectivity index (χ3n) is 3.82. The molecule has 0 saturated heterocycles. The Morgan fingerprint density at radius 1 is 1.05 bits per heavy atom. The molecule has 2 atom stereocenters. The van der Waals surface area contributed by atoms with E-state index in [1.54, 1.807) is 12.2 Å². The van der Waals surface area contributed by atoms with Crippen molar-refractivity contribution in [3.05, 3.63) is 12.2 Å². The Morgan fingerprint density at radius 2 is 1.64 bits per heavy atom. The molecule has 0 aromatic carbocycles. The van der Waals surface area contributed by atoms with E-state index in [9.17, 15) is 4.79 Å². The molecule has 1 aliphatic rings. The third-order valence-corrected chi connectivity index (χ3v) is 3.82. The highest BCUT2D eigenvalue weighted by Gasteiger charge is 2.27. The van der Waals surface area contributed by atoms with Crippen molar-refractivity contribution in [2.75, 3.05) is 0 Å². The number of carbonyl (C=O) groups is 1. The summed E-state index contributed by atoms with van der Waals surface area (Å²) in [4.78, 5) is 11.9. The quantitative estimate of drug-likeness (QED) is 0.521. The Balaban J connectivity index is 2.17. The van der Waals surface area contributed by atoms with Crippen LogP contribution < -0.4 is 0 Å². The summed E-state index contributed by atoms with van der Waals surface area (Å²) >= 11 is 0. The summed E-state index contributed by atoms with van der Waals surface area (Å²) in [6.07, 6.45) is 13.6. The van der Waals surface area contributed by atoms with Crippen LogP contribution in [0, 0.1) is 0 Å². The molecule has 0 amide bonds. The van der Waals surface area contributed by atoms with Gasteiger partial charge in [0.25, 0.3) is 0 Å². The van der Waals surface area contributed by atoms with Crippen LogP contribution in [0.2, 0.25) is 0 Å². The Bertz CT molecular complexity index is 341. The van der Waals surface area contributed by atoms with Crippen LogP contribution >= 0.6 is 0 Å². The lowest BCUT2D eigenvalue weighted by atomic mass is 10.0. The van der Waals surface area contributed by atoms with Crippen molar-refractivity contribution in [3.63, 3.8) is 0 Å². The fourth-order valence-electron chi connectivity index (χ4n) is 2.64. The molecule has 0 fully saturated rings. The van der Waals surface area contributed by atoms with Crippen LogP contribution in [0.1, 0.15) is 85.5 Å². The second-order valence-corrected chi connectivity index (χ2v) is 7.25. The van der Waals surface area contributed by atoms with Gasteiger partial charge in [0.05, 0.1) is 5.60 Å². The fourth-order valence-corrected chi connectivity index (χ4v) is 2.64. The molecule has 0 radical (unpaired) electrons. The number of ether oxygens (including phenoxy) is 2. The van der Waals surface area contributed by atoms with E-state index in [0.717, 1.165) is 12.8 Å². The van der Waals surface area contributed by atoms with Crippen LogP contribution in [-0.4, -0.2) is 23.8 Å². The highest BCUT2D eigenvalue weighted by Crippen LogP contribution is 2.21. The molecule has 1 heterocycles. The van der Waals surface area contributed by atoms with E-state index >= 15 is 0 Å². The zero-order valence-corrected chi connectivity index (χ0v) is 14.9. The van der Waals surface area contributed by atoms with E-state index in [4.69, 9.17) is 9.47 Å². The molecule has 22 heavy (non-hydrogen) atoms. The van der Waals surface area contributed by atoms with Crippen molar-refractivity contribution in [2.24, 2.45) is 0 Å². The largest absolute Gasteiger partial charge is 0.343 e. The zero-order chi connectivity index (χ0) is 16.4. The van der Waals surface area contributed by atoms with E-state index in [1.165, 1.54) is 44.9 Å². The van der Waals surface area contributed by atoms with Crippen molar-refractivity contribution < 1.29 is 14.3 Å². The second-order valence-electron chi connectivity index (χ2n) is 7.25. The Kier molecular flexibility index (Phi) is 8.96. The first kappa shape index (κ1) is 19.4. The normalized spacial score (nSPS) is 22.3. The lowest BCUT2D eigenvalue weighted by molar-refractivity contribution is -0.196. The summed E-state index contributed by atoms with van der Waals surface area (Å²) in [5, 5.41) is 0. The molecule has 3 nitrogen and oxygen atoms in total. The average Bonchev–Trinajstić information content (AvgIpc) is 2.43. The highest BCUT2D eigenvalue weighted by molar-refractivity contribution is 5.94. The molecule has 0 aliphatic carbocycles. The van der Waals surface area contributed by atoms with Crippen LogP contribution in [0.25, 0.3) is 0 Å². The summed E-state index contributed by atoms with van der Waals surface area (Å²) in [7, 11) is 0. The van der Waals surface area contributed by atoms with E-state index in [1.807, 2.05) is 20.8 Å². The van der Waals surface area contributed by atoms with Gasteiger partial charge in [0, 0.05) is 0 Å². The maximum Gasteiger partial charge on any atom is 0.184 e. The SMILES string of the molecule is CCCCCCCCCC[C@@H]1OC(OC(C)(C)C)C=CC1=O. The molecule has 0 bridgehead atoms. The molecule has 0 saturated carbocycles. The minimum Gasteiger partial charge on any atom is -0.343 e. The summed E-state index contributed by atoms with van der Waals surface area (Å²) < 4.78 is 11.6. The molecular formula is C19H34O3. The fraction of sp³-hybridized carbons (Fsp3) is 0.842. The van der Waals surface area contributed by atoms with Gasteiger partial charge in [0.15, 0.2) is 12.1 Å². The van der Waals surface area contributed by atoms with Gasteiger partial charge in [0.1, 0.15) is 6.10 Å². The number of hydrogen-bond donors (Lipinski definition) is 0. The van der Waals surface area contributed by atoms with Crippen LogP contribution in [0.4, 0.5) is 0 Å². The predicted octanol–water partition coefficient (Wildman–Crippen LogP) is 5.18. The maximum absolute atomic E-state index is 11.9. The van der Waals surface area contributed by atoms with Crippen LogP contribution in [0.3, 0.4) is 0 Å². The van der Waals surface area contributed by atoms with E-state index < -0.39 is 6.29 Å². The Hall–Kier alpha value is -0.670. The highest BCUT2D eigenvalue weighted by atomic mass is 16.7. The first-order valence-corrected chi connectivity index (χ1v) is 8.97. The minimum atomic E-state index is -0.392. The molecule has 1 unspecified atom stereocenters. The summed E-state index contributed by atoms with van der Waals surface area (Å²) in [5.41, 5.74) is -0.265. The van der Waals surface area contributed by atoms with Gasteiger partial charge in [0.2, 0.25) is 0 Å². The van der Waals surface area contributed by atoms with Crippen LogP contribution in [0.15, 0.2) is 12.2 Å². The first-order valence-electron chi connectivity index (χ1n) is 8.97. The van der Waals surface area contributed by atoms with Crippen molar-refractivity contribution in [1.82, 2.24) is 0 Å². The molecule has 0 aromatic heterocycles.